The number of nitrogens with one attached hydrogen (secondary N) is 1. The molecule has 0 saturated carbocycles. The van der Waals surface area contributed by atoms with Crippen LogP contribution >= 0.6 is 22.9 Å². The van der Waals surface area contributed by atoms with Crippen LogP contribution in [0.5, 0.6) is 11.5 Å². The number of carbonyl (C=O) groups excluding carboxylic acids is 1. The van der Waals surface area contributed by atoms with E-state index in [-0.39, 0.29) is 11.4 Å². The van der Waals surface area contributed by atoms with Crippen LogP contribution in [0.2, 0.25) is 5.02 Å². The molecule has 14 heteroatoms. The highest BCUT2D eigenvalue weighted by Crippen LogP contribution is 2.38. The van der Waals surface area contributed by atoms with E-state index in [1.165, 1.54) is 30.4 Å². The molecule has 218 valence electrons. The summed E-state index contributed by atoms with van der Waals surface area (Å²) in [5, 5.41) is 4.11. The number of methoxy groups -OCH3 is 1. The quantitative estimate of drug-likeness (QED) is 0.184. The molecule has 0 spiro atoms. The Kier molecular flexibility index (Phi) is 8.06. The van der Waals surface area contributed by atoms with Crippen LogP contribution < -0.4 is 14.8 Å². The molecule has 0 aliphatic rings. The summed E-state index contributed by atoms with van der Waals surface area (Å²) in [6.07, 6.45) is -4.75. The number of benzene rings is 2. The number of alkyl halides is 3. The Hall–Kier alpha value is -4.23. The van der Waals surface area contributed by atoms with E-state index in [4.69, 9.17) is 25.8 Å². The number of nitrogens with zero attached hydrogens (tertiary/aromatic N) is 3. The van der Waals surface area contributed by atoms with Gasteiger partial charge in [0.15, 0.2) is 11.6 Å². The Bertz CT molecular complexity index is 1780. The van der Waals surface area contributed by atoms with Crippen LogP contribution in [0.25, 0.3) is 31.7 Å². The van der Waals surface area contributed by atoms with Gasteiger partial charge in [-0.25, -0.2) is 19.2 Å². The first-order chi connectivity index (χ1) is 19.9. The molecule has 0 aliphatic heterocycles. The van der Waals surface area contributed by atoms with E-state index in [2.05, 4.69) is 20.3 Å². The van der Waals surface area contributed by atoms with E-state index in [1.807, 2.05) is 6.07 Å². The highest BCUT2D eigenvalue weighted by Gasteiger charge is 2.32. The Morgan fingerprint density at radius 1 is 1.05 bits per heavy atom. The van der Waals surface area contributed by atoms with Gasteiger partial charge < -0.3 is 14.2 Å². The second kappa shape index (κ2) is 11.6. The maximum atomic E-state index is 15.0. The van der Waals surface area contributed by atoms with Crippen LogP contribution in [0, 0.1) is 5.82 Å². The first-order valence-corrected chi connectivity index (χ1v) is 13.5. The third-order valence-corrected chi connectivity index (χ3v) is 7.47. The van der Waals surface area contributed by atoms with Gasteiger partial charge in [0.05, 0.1) is 40.9 Å². The zero-order chi connectivity index (χ0) is 30.2. The number of hydrogen-bond acceptors (Lipinski definition) is 8. The van der Waals surface area contributed by atoms with E-state index < -0.39 is 36.0 Å². The van der Waals surface area contributed by atoms with E-state index >= 15 is 4.39 Å². The monoisotopic (exact) mass is 620 g/mol. The molecule has 2 atom stereocenters. The van der Waals surface area contributed by atoms with Crippen molar-refractivity contribution in [1.29, 1.82) is 0 Å². The number of amides is 1. The molecule has 0 fully saturated rings. The second-order valence-corrected chi connectivity index (χ2v) is 10.6. The smallest absolute Gasteiger partial charge is 0.433 e. The molecule has 1 N–H and O–H groups in total. The van der Waals surface area contributed by atoms with E-state index in [9.17, 15) is 18.0 Å². The number of fused-ring (bicyclic) bond motifs is 2. The lowest BCUT2D eigenvalue weighted by Crippen LogP contribution is -2.32. The molecule has 8 nitrogen and oxygen atoms in total. The molecular weight excluding hydrogens is 600 g/mol. The van der Waals surface area contributed by atoms with Gasteiger partial charge in [-0.2, -0.15) is 13.2 Å². The molecule has 3 heterocycles. The number of rotatable bonds is 7. The SMILES string of the molecule is COc1cnc2c(-c3nc4cc(F)c(O[C@@H](C)[C@@H](C)OC(=O)Nc5ccc(C(F)(F)F)nc5)cc4s3)cc(Cl)cc2c1. The van der Waals surface area contributed by atoms with Crippen molar-refractivity contribution in [3.63, 3.8) is 0 Å². The first-order valence-electron chi connectivity index (χ1n) is 12.3. The molecule has 42 heavy (non-hydrogen) atoms. The van der Waals surface area contributed by atoms with Gasteiger partial charge in [-0.05, 0) is 44.2 Å². The molecule has 0 radical (unpaired) electrons. The summed E-state index contributed by atoms with van der Waals surface area (Å²) >= 11 is 7.65. The van der Waals surface area contributed by atoms with Crippen LogP contribution in [0.3, 0.4) is 0 Å². The van der Waals surface area contributed by atoms with Gasteiger partial charge >= 0.3 is 12.3 Å². The molecular formula is C28H21ClF4N4O4S. The van der Waals surface area contributed by atoms with Crippen molar-refractivity contribution in [2.45, 2.75) is 32.2 Å². The molecule has 1 amide bonds. The lowest BCUT2D eigenvalue weighted by molar-refractivity contribution is -0.141. The van der Waals surface area contributed by atoms with Gasteiger partial charge in [-0.3, -0.25) is 10.3 Å². The molecule has 0 unspecified atom stereocenters. The van der Waals surface area contributed by atoms with Gasteiger partial charge in [0.25, 0.3) is 0 Å². The molecule has 0 saturated heterocycles. The summed E-state index contributed by atoms with van der Waals surface area (Å²) in [6, 6.07) is 9.85. The topological polar surface area (TPSA) is 95.5 Å². The summed E-state index contributed by atoms with van der Waals surface area (Å²) in [5.41, 5.74) is 0.646. The fourth-order valence-electron chi connectivity index (χ4n) is 3.95. The van der Waals surface area contributed by atoms with Crippen LogP contribution in [-0.4, -0.2) is 40.4 Å². The third kappa shape index (κ3) is 6.31. The highest BCUT2D eigenvalue weighted by atomic mass is 35.5. The van der Waals surface area contributed by atoms with Gasteiger partial charge in [0.1, 0.15) is 28.7 Å². The van der Waals surface area contributed by atoms with Crippen molar-refractivity contribution in [3.05, 3.63) is 71.4 Å². The van der Waals surface area contributed by atoms with Crippen LogP contribution in [-0.2, 0) is 10.9 Å². The van der Waals surface area contributed by atoms with Crippen molar-refractivity contribution < 1.29 is 36.6 Å². The molecule has 0 aliphatic carbocycles. The fraction of sp³-hybridized carbons (Fsp3) is 0.214. The van der Waals surface area contributed by atoms with Gasteiger partial charge in [0.2, 0.25) is 0 Å². The molecule has 2 aromatic carbocycles. The Morgan fingerprint density at radius 2 is 1.83 bits per heavy atom. The number of ether oxygens (including phenoxy) is 3. The summed E-state index contributed by atoms with van der Waals surface area (Å²) in [6.45, 7) is 3.11. The van der Waals surface area contributed by atoms with Crippen molar-refractivity contribution in [3.8, 4) is 22.1 Å². The Balaban J connectivity index is 1.30. The number of anilines is 1. The zero-order valence-corrected chi connectivity index (χ0v) is 23.7. The van der Waals surface area contributed by atoms with E-state index in [1.54, 1.807) is 32.4 Å². The zero-order valence-electron chi connectivity index (χ0n) is 22.1. The summed E-state index contributed by atoms with van der Waals surface area (Å²) in [7, 11) is 1.54. The third-order valence-electron chi connectivity index (χ3n) is 6.20. The fourth-order valence-corrected chi connectivity index (χ4v) is 5.17. The molecule has 3 aromatic heterocycles. The minimum absolute atomic E-state index is 0.00749. The van der Waals surface area contributed by atoms with Gasteiger partial charge in [-0.1, -0.05) is 11.6 Å². The van der Waals surface area contributed by atoms with Crippen molar-refractivity contribution in [1.82, 2.24) is 15.0 Å². The first kappa shape index (κ1) is 29.3. The number of halogens is 5. The minimum atomic E-state index is -4.60. The lowest BCUT2D eigenvalue weighted by Gasteiger charge is -2.22. The van der Waals surface area contributed by atoms with Crippen LogP contribution in [0.4, 0.5) is 28.0 Å². The Labute approximate surface area is 245 Å². The van der Waals surface area contributed by atoms with E-state index in [0.717, 1.165) is 23.7 Å². The number of aromatic nitrogens is 3. The average Bonchev–Trinajstić information content (AvgIpc) is 3.34. The second-order valence-electron chi connectivity index (χ2n) is 9.16. The molecule has 0 bridgehead atoms. The molecule has 5 rings (SSSR count). The van der Waals surface area contributed by atoms with Crippen molar-refractivity contribution >= 4 is 55.8 Å². The normalized spacial score (nSPS) is 13.1. The largest absolute Gasteiger partial charge is 0.495 e. The standard InChI is InChI=1S/C28H21ClF4N4O4S/c1-13(14(2)41-27(38)36-17-4-5-24(34-11-17)28(31,32)33)40-22-10-23-21(9-20(22)30)37-26(42-23)19-8-16(29)6-15-7-18(39-3)12-35-25(15)19/h4-14H,1-3H3,(H,36,38)/t13-,14+/m0/s1. The van der Waals surface area contributed by atoms with Crippen LogP contribution in [0.1, 0.15) is 19.5 Å². The van der Waals surface area contributed by atoms with Gasteiger partial charge in [-0.15, -0.1) is 11.3 Å². The van der Waals surface area contributed by atoms with Gasteiger partial charge in [0, 0.05) is 28.1 Å². The number of hydrogen-bond donors (Lipinski definition) is 1. The van der Waals surface area contributed by atoms with Crippen molar-refractivity contribution in [2.75, 3.05) is 12.4 Å². The van der Waals surface area contributed by atoms with Crippen LogP contribution in [0.15, 0.2) is 54.9 Å². The number of carbonyl (C=O) groups is 1. The maximum absolute atomic E-state index is 15.0. The predicted molar refractivity (Wildman–Crippen MR) is 151 cm³/mol. The number of thiazole rings is 1. The lowest BCUT2D eigenvalue weighted by atomic mass is 10.1. The highest BCUT2D eigenvalue weighted by molar-refractivity contribution is 7.21. The average molecular weight is 621 g/mol. The van der Waals surface area contributed by atoms with Crippen molar-refractivity contribution in [2.24, 2.45) is 0 Å². The summed E-state index contributed by atoms with van der Waals surface area (Å²) in [4.78, 5) is 24.6. The van der Waals surface area contributed by atoms with E-state index in [0.29, 0.717) is 37.1 Å². The Morgan fingerprint density at radius 3 is 2.52 bits per heavy atom. The minimum Gasteiger partial charge on any atom is -0.495 e. The molecule has 5 aromatic rings. The number of pyridine rings is 2. The maximum Gasteiger partial charge on any atom is 0.433 e. The summed E-state index contributed by atoms with van der Waals surface area (Å²) < 4.78 is 70.0. The predicted octanol–water partition coefficient (Wildman–Crippen LogP) is 8.13. The summed E-state index contributed by atoms with van der Waals surface area (Å²) in [5.74, 6) is -0.172.